The van der Waals surface area contributed by atoms with Crippen LogP contribution in [0, 0.1) is 0 Å². The summed E-state index contributed by atoms with van der Waals surface area (Å²) in [6.07, 6.45) is -4.78. The van der Waals surface area contributed by atoms with Gasteiger partial charge in [-0.1, -0.05) is 36.4 Å². The fourth-order valence-electron chi connectivity index (χ4n) is 1.98. The van der Waals surface area contributed by atoms with Gasteiger partial charge in [0.25, 0.3) is 0 Å². The van der Waals surface area contributed by atoms with Crippen LogP contribution in [-0.4, -0.2) is 36.1 Å². The molecule has 0 heterocycles. The van der Waals surface area contributed by atoms with Gasteiger partial charge in [-0.05, 0) is 24.3 Å². The van der Waals surface area contributed by atoms with E-state index in [1.54, 1.807) is 12.1 Å². The number of carboxylic acids is 2. The van der Waals surface area contributed by atoms with Gasteiger partial charge in [0, 0.05) is 0 Å². The van der Waals surface area contributed by atoms with Gasteiger partial charge < -0.3 is 29.3 Å². The van der Waals surface area contributed by atoms with Gasteiger partial charge in [0.2, 0.25) is 0 Å². The normalized spacial score (nSPS) is 12.5. The molecule has 8 nitrogen and oxygen atoms in total. The molecule has 0 amide bonds. The van der Waals surface area contributed by atoms with Crippen LogP contribution in [0.4, 0.5) is 0 Å². The molecule has 0 spiro atoms. The average Bonchev–Trinajstić information content (AvgIpc) is 2.65. The van der Waals surface area contributed by atoms with Crippen molar-refractivity contribution in [2.75, 3.05) is 0 Å². The molecule has 134 valence electrons. The molecule has 2 aromatic rings. The van der Waals surface area contributed by atoms with E-state index in [1.165, 1.54) is 48.5 Å². The molecule has 2 atom stereocenters. The van der Waals surface area contributed by atoms with E-state index in [1.807, 2.05) is 0 Å². The molecule has 2 aromatic carbocycles. The lowest BCUT2D eigenvalue weighted by molar-refractivity contribution is -0.332. The highest BCUT2D eigenvalue weighted by Crippen LogP contribution is 2.12. The number of rotatable bonds is 7. The van der Waals surface area contributed by atoms with Gasteiger partial charge in [0.15, 0.2) is 12.2 Å². The van der Waals surface area contributed by atoms with Crippen LogP contribution in [0.15, 0.2) is 60.7 Å². The molecular weight excluding hydrogens is 344 g/mol. The van der Waals surface area contributed by atoms with E-state index in [2.05, 4.69) is 9.47 Å². The number of hydrogen-bond acceptors (Lipinski definition) is 8. The third kappa shape index (κ3) is 4.67. The summed E-state index contributed by atoms with van der Waals surface area (Å²) in [6, 6.07) is 14.5. The summed E-state index contributed by atoms with van der Waals surface area (Å²) in [4.78, 5) is 46.5. The monoisotopic (exact) mass is 356 g/mol. The molecule has 0 N–H and O–H groups in total. The summed E-state index contributed by atoms with van der Waals surface area (Å²) in [5.74, 6) is -6.35. The highest BCUT2D eigenvalue weighted by atomic mass is 16.6. The number of ether oxygens (including phenoxy) is 2. The minimum Gasteiger partial charge on any atom is -0.546 e. The number of benzene rings is 2. The first-order valence-electron chi connectivity index (χ1n) is 7.34. The van der Waals surface area contributed by atoms with E-state index in [0.29, 0.717) is 0 Å². The third-order valence-corrected chi connectivity index (χ3v) is 3.23. The van der Waals surface area contributed by atoms with E-state index in [4.69, 9.17) is 0 Å². The van der Waals surface area contributed by atoms with Gasteiger partial charge in [0.05, 0.1) is 23.1 Å². The van der Waals surface area contributed by atoms with Crippen LogP contribution < -0.4 is 10.2 Å². The first kappa shape index (κ1) is 18.7. The van der Waals surface area contributed by atoms with Crippen LogP contribution in [-0.2, 0) is 19.1 Å². The van der Waals surface area contributed by atoms with Crippen LogP contribution in [0.25, 0.3) is 0 Å². The Morgan fingerprint density at radius 3 is 1.19 bits per heavy atom. The van der Waals surface area contributed by atoms with E-state index < -0.39 is 36.1 Å². The Labute approximate surface area is 147 Å². The minimum atomic E-state index is -2.39. The standard InChI is InChI=1S/C18H14O8/c19-15(20)13(25-17(23)11-7-3-1-4-8-11)14(16(21)22)26-18(24)12-9-5-2-6-10-12/h1-10,13-14H,(H,19,20)(H,21,22)/p-2/t13-,14+. The quantitative estimate of drug-likeness (QED) is 0.573. The summed E-state index contributed by atoms with van der Waals surface area (Å²) >= 11 is 0. The van der Waals surface area contributed by atoms with E-state index >= 15 is 0 Å². The molecule has 0 aliphatic heterocycles. The first-order valence-corrected chi connectivity index (χ1v) is 7.34. The zero-order valence-electron chi connectivity index (χ0n) is 13.2. The largest absolute Gasteiger partial charge is 0.546 e. The van der Waals surface area contributed by atoms with Crippen molar-refractivity contribution in [3.63, 3.8) is 0 Å². The van der Waals surface area contributed by atoms with Gasteiger partial charge in [-0.3, -0.25) is 0 Å². The Morgan fingerprint density at radius 2 is 0.923 bits per heavy atom. The lowest BCUT2D eigenvalue weighted by Crippen LogP contribution is -2.55. The van der Waals surface area contributed by atoms with Crippen molar-refractivity contribution in [3.05, 3.63) is 71.8 Å². The summed E-state index contributed by atoms with van der Waals surface area (Å²) in [7, 11) is 0. The summed E-state index contributed by atoms with van der Waals surface area (Å²) in [6.45, 7) is 0. The second-order valence-corrected chi connectivity index (χ2v) is 5.02. The maximum atomic E-state index is 12.0. The third-order valence-electron chi connectivity index (χ3n) is 3.23. The highest BCUT2D eigenvalue weighted by Gasteiger charge is 2.32. The Balaban J connectivity index is 2.20. The van der Waals surface area contributed by atoms with Crippen molar-refractivity contribution in [1.29, 1.82) is 0 Å². The fraction of sp³-hybridized carbons (Fsp3) is 0.111. The summed E-state index contributed by atoms with van der Waals surface area (Å²) < 4.78 is 9.32. The van der Waals surface area contributed by atoms with Crippen LogP contribution in [0.2, 0.25) is 0 Å². The lowest BCUT2D eigenvalue weighted by atomic mass is 10.1. The molecule has 0 aliphatic carbocycles. The van der Waals surface area contributed by atoms with Gasteiger partial charge in [-0.2, -0.15) is 0 Å². The van der Waals surface area contributed by atoms with Crippen molar-refractivity contribution in [2.45, 2.75) is 12.2 Å². The SMILES string of the molecule is O=C(O[C@H](C(=O)[O-])[C@@H](OC(=O)c1ccccc1)C(=O)[O-])c1ccccc1. The predicted molar refractivity (Wildman–Crippen MR) is 81.3 cm³/mol. The minimum absolute atomic E-state index is 0.0229. The van der Waals surface area contributed by atoms with Crippen molar-refractivity contribution >= 4 is 23.9 Å². The summed E-state index contributed by atoms with van der Waals surface area (Å²) in [5.41, 5.74) is -0.0459. The van der Waals surface area contributed by atoms with Crippen molar-refractivity contribution in [1.82, 2.24) is 0 Å². The number of carbonyl (C=O) groups excluding carboxylic acids is 4. The molecule has 0 aromatic heterocycles. The summed E-state index contributed by atoms with van der Waals surface area (Å²) in [5, 5.41) is 22.5. The van der Waals surface area contributed by atoms with E-state index in [0.717, 1.165) is 0 Å². The topological polar surface area (TPSA) is 133 Å². The van der Waals surface area contributed by atoms with Gasteiger partial charge in [0.1, 0.15) is 0 Å². The number of aliphatic carboxylic acids is 2. The maximum absolute atomic E-state index is 12.0. The molecule has 8 heteroatoms. The zero-order valence-corrected chi connectivity index (χ0v) is 13.2. The molecule has 0 unspecified atom stereocenters. The fourth-order valence-corrected chi connectivity index (χ4v) is 1.98. The Hall–Kier alpha value is -3.68. The van der Waals surface area contributed by atoms with Crippen molar-refractivity contribution in [2.24, 2.45) is 0 Å². The van der Waals surface area contributed by atoms with Gasteiger partial charge in [-0.25, -0.2) is 9.59 Å². The van der Waals surface area contributed by atoms with Gasteiger partial charge in [-0.15, -0.1) is 0 Å². The molecule has 0 saturated heterocycles. The number of esters is 2. The lowest BCUT2D eigenvalue weighted by Gasteiger charge is -2.28. The molecule has 26 heavy (non-hydrogen) atoms. The molecule has 2 rings (SSSR count). The molecule has 0 aliphatic rings. The second-order valence-electron chi connectivity index (χ2n) is 5.02. The van der Waals surface area contributed by atoms with Crippen LogP contribution in [0.1, 0.15) is 20.7 Å². The first-order chi connectivity index (χ1) is 12.4. The molecular formula is C18H12O8-2. The second kappa shape index (κ2) is 8.43. The zero-order chi connectivity index (χ0) is 19.1. The predicted octanol–water partition coefficient (Wildman–Crippen LogP) is -1.06. The Morgan fingerprint density at radius 1 is 0.615 bits per heavy atom. The van der Waals surface area contributed by atoms with Crippen LogP contribution in [0.3, 0.4) is 0 Å². The number of hydrogen-bond donors (Lipinski definition) is 0. The van der Waals surface area contributed by atoms with Crippen molar-refractivity contribution in [3.8, 4) is 0 Å². The molecule has 0 saturated carbocycles. The van der Waals surface area contributed by atoms with E-state index in [-0.39, 0.29) is 11.1 Å². The number of carbonyl (C=O) groups is 4. The Kier molecular flexibility index (Phi) is 6.05. The Bertz CT molecular complexity index is 731. The van der Waals surface area contributed by atoms with Crippen LogP contribution >= 0.6 is 0 Å². The molecule has 0 fully saturated rings. The average molecular weight is 356 g/mol. The van der Waals surface area contributed by atoms with E-state index in [9.17, 15) is 29.4 Å². The molecule has 0 radical (unpaired) electrons. The van der Waals surface area contributed by atoms with Gasteiger partial charge >= 0.3 is 11.9 Å². The maximum Gasteiger partial charge on any atom is 0.338 e. The number of carboxylic acid groups (broad SMARTS) is 2. The van der Waals surface area contributed by atoms with Crippen LogP contribution in [0.5, 0.6) is 0 Å². The van der Waals surface area contributed by atoms with Crippen molar-refractivity contribution < 1.29 is 38.9 Å². The highest BCUT2D eigenvalue weighted by molar-refractivity contribution is 5.94. The smallest absolute Gasteiger partial charge is 0.338 e. The molecule has 0 bridgehead atoms.